The van der Waals surface area contributed by atoms with Crippen molar-refractivity contribution >= 4 is 34.4 Å². The summed E-state index contributed by atoms with van der Waals surface area (Å²) in [6.07, 6.45) is 5.25. The van der Waals surface area contributed by atoms with Crippen molar-refractivity contribution in [3.05, 3.63) is 33.8 Å². The first kappa shape index (κ1) is 16.6. The van der Waals surface area contributed by atoms with Crippen molar-refractivity contribution in [2.24, 2.45) is 0 Å². The van der Waals surface area contributed by atoms with Gasteiger partial charge in [-0.3, -0.25) is 0 Å². The van der Waals surface area contributed by atoms with Gasteiger partial charge >= 0.3 is 0 Å². The van der Waals surface area contributed by atoms with Crippen molar-refractivity contribution in [2.75, 3.05) is 11.9 Å². The molecule has 4 nitrogen and oxygen atoms in total. The van der Waals surface area contributed by atoms with Crippen LogP contribution in [0.15, 0.2) is 24.3 Å². The van der Waals surface area contributed by atoms with Crippen LogP contribution in [0.5, 0.6) is 0 Å². The standard InChI is InChI=1S/C17H24N4S2/c1-3-14-9-6-7-11-20(14)12-21-17(22)23-16(19-21)18-15-10-5-4-8-13(15)2/h4-5,8,10,14H,3,6-7,9,11-12H2,1-2H3,(H,18,19)/p+1/t14-/m1/s1. The van der Waals surface area contributed by atoms with E-state index in [0.29, 0.717) is 0 Å². The Morgan fingerprint density at radius 2 is 2.22 bits per heavy atom. The number of rotatable bonds is 5. The highest BCUT2D eigenvalue weighted by Crippen LogP contribution is 2.22. The molecule has 124 valence electrons. The normalized spacial score (nSPS) is 21.3. The maximum Gasteiger partial charge on any atom is 0.209 e. The first-order valence-electron chi connectivity index (χ1n) is 8.42. The number of anilines is 2. The Kier molecular flexibility index (Phi) is 5.46. The maximum atomic E-state index is 5.53. The first-order valence-corrected chi connectivity index (χ1v) is 9.65. The smallest absolute Gasteiger partial charge is 0.209 e. The Morgan fingerprint density at radius 1 is 1.39 bits per heavy atom. The topological polar surface area (TPSA) is 34.3 Å². The molecule has 2 aromatic rings. The van der Waals surface area contributed by atoms with Crippen LogP contribution in [0.1, 0.15) is 38.2 Å². The predicted octanol–water partition coefficient (Wildman–Crippen LogP) is 3.53. The predicted molar refractivity (Wildman–Crippen MR) is 99.2 cm³/mol. The summed E-state index contributed by atoms with van der Waals surface area (Å²) in [7, 11) is 0. The minimum Gasteiger partial charge on any atom is -0.330 e. The zero-order chi connectivity index (χ0) is 16.2. The van der Waals surface area contributed by atoms with Gasteiger partial charge in [0.15, 0.2) is 10.6 Å². The Hall–Kier alpha value is -1.24. The number of aromatic nitrogens is 2. The van der Waals surface area contributed by atoms with Crippen molar-refractivity contribution < 1.29 is 4.90 Å². The molecule has 0 aliphatic carbocycles. The quantitative estimate of drug-likeness (QED) is 0.811. The van der Waals surface area contributed by atoms with E-state index in [1.54, 1.807) is 16.2 Å². The summed E-state index contributed by atoms with van der Waals surface area (Å²) in [5.41, 5.74) is 2.31. The summed E-state index contributed by atoms with van der Waals surface area (Å²) in [5, 5.41) is 9.00. The average molecular weight is 350 g/mol. The summed E-state index contributed by atoms with van der Waals surface area (Å²) in [5.74, 6) is 0. The van der Waals surface area contributed by atoms with E-state index < -0.39 is 0 Å². The summed E-state index contributed by atoms with van der Waals surface area (Å²) in [6.45, 7) is 6.52. The van der Waals surface area contributed by atoms with E-state index in [9.17, 15) is 0 Å². The van der Waals surface area contributed by atoms with Gasteiger partial charge in [0.05, 0.1) is 12.6 Å². The molecule has 0 spiro atoms. The van der Waals surface area contributed by atoms with Gasteiger partial charge < -0.3 is 10.2 Å². The van der Waals surface area contributed by atoms with Gasteiger partial charge in [-0.2, -0.15) is 4.68 Å². The van der Waals surface area contributed by atoms with E-state index >= 15 is 0 Å². The number of nitrogens with zero attached hydrogens (tertiary/aromatic N) is 2. The minimum atomic E-state index is 0.750. The van der Waals surface area contributed by atoms with Crippen LogP contribution >= 0.6 is 23.6 Å². The van der Waals surface area contributed by atoms with Gasteiger partial charge in [0.1, 0.15) is 0 Å². The lowest BCUT2D eigenvalue weighted by atomic mass is 10.0. The monoisotopic (exact) mass is 349 g/mol. The molecule has 1 aromatic heterocycles. The third kappa shape index (κ3) is 4.00. The van der Waals surface area contributed by atoms with E-state index in [0.717, 1.165) is 27.5 Å². The third-order valence-electron chi connectivity index (χ3n) is 4.72. The van der Waals surface area contributed by atoms with Gasteiger partial charge in [0.2, 0.25) is 5.13 Å². The van der Waals surface area contributed by atoms with Crippen LogP contribution in [0, 0.1) is 10.9 Å². The fourth-order valence-corrected chi connectivity index (χ4v) is 4.35. The van der Waals surface area contributed by atoms with Crippen molar-refractivity contribution in [3.8, 4) is 0 Å². The summed E-state index contributed by atoms with van der Waals surface area (Å²) >= 11 is 7.09. The van der Waals surface area contributed by atoms with Gasteiger partial charge in [0.25, 0.3) is 0 Å². The molecule has 3 rings (SSSR count). The van der Waals surface area contributed by atoms with Gasteiger partial charge in [-0.15, -0.1) is 5.10 Å². The number of quaternary nitrogens is 1. The largest absolute Gasteiger partial charge is 0.330 e. The third-order valence-corrected chi connectivity index (χ3v) is 5.94. The average Bonchev–Trinajstić information content (AvgIpc) is 2.90. The number of benzene rings is 1. The molecule has 1 saturated heterocycles. The summed E-state index contributed by atoms with van der Waals surface area (Å²) < 4.78 is 2.86. The highest BCUT2D eigenvalue weighted by Gasteiger charge is 2.25. The van der Waals surface area contributed by atoms with Crippen LogP contribution in [0.4, 0.5) is 10.8 Å². The second-order valence-electron chi connectivity index (χ2n) is 6.28. The molecule has 2 N–H and O–H groups in total. The van der Waals surface area contributed by atoms with E-state index in [1.807, 2.05) is 16.8 Å². The second-order valence-corrected chi connectivity index (χ2v) is 7.90. The van der Waals surface area contributed by atoms with E-state index in [1.165, 1.54) is 37.8 Å². The molecular formula is C17H25N4S2+. The summed E-state index contributed by atoms with van der Waals surface area (Å²) in [4.78, 5) is 1.63. The van der Waals surface area contributed by atoms with Crippen molar-refractivity contribution in [1.82, 2.24) is 9.78 Å². The number of piperidine rings is 1. The lowest BCUT2D eigenvalue weighted by Crippen LogP contribution is -3.15. The number of aryl methyl sites for hydroxylation is 1. The highest BCUT2D eigenvalue weighted by molar-refractivity contribution is 7.73. The van der Waals surface area contributed by atoms with Gasteiger partial charge in [-0.1, -0.05) is 36.5 Å². The molecule has 1 aromatic carbocycles. The highest BCUT2D eigenvalue weighted by atomic mass is 32.1. The fourth-order valence-electron chi connectivity index (χ4n) is 3.33. The number of nitrogens with one attached hydrogen (secondary N) is 2. The van der Waals surface area contributed by atoms with Crippen molar-refractivity contribution in [2.45, 2.75) is 52.2 Å². The second kappa shape index (κ2) is 7.55. The van der Waals surface area contributed by atoms with E-state index in [2.05, 4.69) is 31.3 Å². The van der Waals surface area contributed by atoms with Crippen LogP contribution in [0.2, 0.25) is 0 Å². The Bertz CT molecular complexity index is 707. The number of para-hydroxylation sites is 1. The lowest BCUT2D eigenvalue weighted by Gasteiger charge is -2.31. The molecule has 0 amide bonds. The number of likely N-dealkylation sites (tertiary alicyclic amines) is 1. The van der Waals surface area contributed by atoms with Crippen molar-refractivity contribution in [3.63, 3.8) is 0 Å². The molecule has 1 aliphatic heterocycles. The summed E-state index contributed by atoms with van der Waals surface area (Å²) in [6, 6.07) is 9.01. The molecule has 1 aliphatic rings. The molecule has 2 heterocycles. The van der Waals surface area contributed by atoms with Crippen molar-refractivity contribution in [1.29, 1.82) is 0 Å². The molecule has 0 saturated carbocycles. The van der Waals surface area contributed by atoms with E-state index in [-0.39, 0.29) is 0 Å². The van der Waals surface area contributed by atoms with Crippen LogP contribution in [-0.4, -0.2) is 22.4 Å². The van der Waals surface area contributed by atoms with Gasteiger partial charge in [-0.05, 0) is 56.5 Å². The Morgan fingerprint density at radius 3 is 3.00 bits per heavy atom. The number of hydrogen-bond acceptors (Lipinski definition) is 4. The Balaban J connectivity index is 1.73. The molecule has 1 fully saturated rings. The molecule has 23 heavy (non-hydrogen) atoms. The zero-order valence-corrected chi connectivity index (χ0v) is 15.5. The molecule has 2 atom stereocenters. The zero-order valence-electron chi connectivity index (χ0n) is 13.8. The van der Waals surface area contributed by atoms with Gasteiger partial charge in [0, 0.05) is 5.69 Å². The van der Waals surface area contributed by atoms with Crippen LogP contribution < -0.4 is 10.2 Å². The lowest BCUT2D eigenvalue weighted by molar-refractivity contribution is -0.953. The number of hydrogen-bond donors (Lipinski definition) is 2. The molecular weight excluding hydrogens is 324 g/mol. The molecule has 0 radical (unpaired) electrons. The molecule has 0 bridgehead atoms. The van der Waals surface area contributed by atoms with Crippen LogP contribution in [0.25, 0.3) is 0 Å². The first-order chi connectivity index (χ1) is 11.2. The minimum absolute atomic E-state index is 0.750. The molecule has 1 unspecified atom stereocenters. The van der Waals surface area contributed by atoms with Crippen LogP contribution in [-0.2, 0) is 6.67 Å². The Labute approximate surface area is 147 Å². The van der Waals surface area contributed by atoms with Crippen LogP contribution in [0.3, 0.4) is 0 Å². The van der Waals surface area contributed by atoms with Gasteiger partial charge in [-0.25, -0.2) is 0 Å². The fraction of sp³-hybridized carbons (Fsp3) is 0.529. The van der Waals surface area contributed by atoms with E-state index in [4.69, 9.17) is 17.3 Å². The maximum absolute atomic E-state index is 5.53. The SMILES string of the molecule is CC[C@@H]1CCCC[NH+]1Cn1nc(Nc2ccccc2C)sc1=S. The molecule has 6 heteroatoms.